The number of allylic oxidation sites excluding steroid dienone is 1. The summed E-state index contributed by atoms with van der Waals surface area (Å²) in [6.45, 7) is 2.06. The summed E-state index contributed by atoms with van der Waals surface area (Å²) >= 11 is 0. The molecule has 0 bridgehead atoms. The van der Waals surface area contributed by atoms with Gasteiger partial charge in [0, 0.05) is 5.92 Å². The Hall–Kier alpha value is -1.08. The van der Waals surface area contributed by atoms with Crippen LogP contribution in [0.5, 0.6) is 0 Å². The zero-order chi connectivity index (χ0) is 11.4. The molecule has 0 radical (unpaired) electrons. The molecule has 1 heteroatoms. The smallest absolute Gasteiger partial charge is 0.0956 e. The molecule has 1 aliphatic carbocycles. The van der Waals surface area contributed by atoms with Crippen LogP contribution in [0, 0.1) is 5.92 Å². The topological polar surface area (TPSA) is 20.2 Å². The molecule has 1 aromatic rings. The molecule has 1 aromatic carbocycles. The predicted octanol–water partition coefficient (Wildman–Crippen LogP) is 3.64. The Balaban J connectivity index is 2.31. The molecule has 1 N–H and O–H groups in total. The zero-order valence-corrected chi connectivity index (χ0v) is 9.89. The van der Waals surface area contributed by atoms with Crippen molar-refractivity contribution in [3.63, 3.8) is 0 Å². The third-order valence-electron chi connectivity index (χ3n) is 3.68. The van der Waals surface area contributed by atoms with Gasteiger partial charge in [-0.3, -0.25) is 0 Å². The minimum Gasteiger partial charge on any atom is -0.385 e. The van der Waals surface area contributed by atoms with Gasteiger partial charge in [-0.25, -0.2) is 0 Å². The van der Waals surface area contributed by atoms with Gasteiger partial charge in [-0.2, -0.15) is 0 Å². The van der Waals surface area contributed by atoms with Crippen LogP contribution in [-0.4, -0.2) is 5.11 Å². The largest absolute Gasteiger partial charge is 0.385 e. The Morgan fingerprint density at radius 3 is 2.62 bits per heavy atom. The first-order valence-electron chi connectivity index (χ1n) is 6.22. The number of aliphatic hydroxyl groups is 1. The normalized spacial score (nSPS) is 24.0. The molecule has 2 rings (SSSR count). The van der Waals surface area contributed by atoms with Crippen molar-refractivity contribution in [3.8, 4) is 0 Å². The molecule has 0 saturated carbocycles. The van der Waals surface area contributed by atoms with Gasteiger partial charge in [0.15, 0.2) is 0 Å². The predicted molar refractivity (Wildman–Crippen MR) is 67.1 cm³/mol. The van der Waals surface area contributed by atoms with E-state index in [1.165, 1.54) is 6.42 Å². The van der Waals surface area contributed by atoms with E-state index in [2.05, 4.69) is 19.1 Å². The quantitative estimate of drug-likeness (QED) is 0.765. The number of hydrogen-bond donors (Lipinski definition) is 1. The number of benzene rings is 1. The van der Waals surface area contributed by atoms with Crippen LogP contribution in [0.25, 0.3) is 0 Å². The summed E-state index contributed by atoms with van der Waals surface area (Å²) in [7, 11) is 0. The molecule has 0 heterocycles. The Bertz CT molecular complexity index is 355. The minimum absolute atomic E-state index is 0.272. The first-order chi connectivity index (χ1) is 7.77. The SMILES string of the molecule is CC[C@@](O)(c1ccccc1)[C@H]1C=CCCC1. The second-order valence-corrected chi connectivity index (χ2v) is 4.61. The summed E-state index contributed by atoms with van der Waals surface area (Å²) in [5.74, 6) is 0.272. The Labute approximate surface area is 97.8 Å². The van der Waals surface area contributed by atoms with Crippen LogP contribution in [0.2, 0.25) is 0 Å². The fraction of sp³-hybridized carbons (Fsp3) is 0.467. The highest BCUT2D eigenvalue weighted by atomic mass is 16.3. The van der Waals surface area contributed by atoms with Gasteiger partial charge in [-0.15, -0.1) is 0 Å². The van der Waals surface area contributed by atoms with Crippen LogP contribution in [0.4, 0.5) is 0 Å². The summed E-state index contributed by atoms with van der Waals surface area (Å²) in [6, 6.07) is 10.1. The van der Waals surface area contributed by atoms with Gasteiger partial charge >= 0.3 is 0 Å². The highest BCUT2D eigenvalue weighted by Gasteiger charge is 2.35. The number of rotatable bonds is 3. The molecule has 0 aromatic heterocycles. The van der Waals surface area contributed by atoms with Crippen LogP contribution in [0.3, 0.4) is 0 Å². The standard InChI is InChI=1S/C15H20O/c1-2-15(16,13-9-5-3-6-10-13)14-11-7-4-8-12-14/h3,5-7,9-11,14,16H,2,4,8,12H2,1H3/t14-,15+/m0/s1. The molecule has 1 aliphatic rings. The maximum atomic E-state index is 10.9. The minimum atomic E-state index is -0.682. The summed E-state index contributed by atoms with van der Waals surface area (Å²) in [5.41, 5.74) is 0.368. The molecular weight excluding hydrogens is 196 g/mol. The number of hydrogen-bond acceptors (Lipinski definition) is 1. The average molecular weight is 216 g/mol. The van der Waals surface area contributed by atoms with Gasteiger partial charge < -0.3 is 5.11 Å². The maximum Gasteiger partial charge on any atom is 0.0956 e. The molecule has 16 heavy (non-hydrogen) atoms. The van der Waals surface area contributed by atoms with E-state index in [4.69, 9.17) is 0 Å². The lowest BCUT2D eigenvalue weighted by Gasteiger charge is -2.36. The van der Waals surface area contributed by atoms with Crippen molar-refractivity contribution in [1.82, 2.24) is 0 Å². The molecule has 86 valence electrons. The molecule has 0 aliphatic heterocycles. The van der Waals surface area contributed by atoms with E-state index in [1.54, 1.807) is 0 Å². The van der Waals surface area contributed by atoms with Crippen molar-refractivity contribution >= 4 is 0 Å². The Morgan fingerprint density at radius 1 is 1.31 bits per heavy atom. The first-order valence-corrected chi connectivity index (χ1v) is 6.22. The Kier molecular flexibility index (Phi) is 3.45. The van der Waals surface area contributed by atoms with Crippen molar-refractivity contribution in [3.05, 3.63) is 48.0 Å². The molecule has 0 amide bonds. The van der Waals surface area contributed by atoms with E-state index in [9.17, 15) is 5.11 Å². The zero-order valence-electron chi connectivity index (χ0n) is 9.89. The Morgan fingerprint density at radius 2 is 2.06 bits per heavy atom. The van der Waals surface area contributed by atoms with Crippen LogP contribution in [0.15, 0.2) is 42.5 Å². The maximum absolute atomic E-state index is 10.9. The molecule has 0 fully saturated rings. The summed E-state index contributed by atoms with van der Waals surface area (Å²) in [4.78, 5) is 0. The van der Waals surface area contributed by atoms with Crippen LogP contribution < -0.4 is 0 Å². The summed E-state index contributed by atoms with van der Waals surface area (Å²) in [6.07, 6.45) is 8.61. The van der Waals surface area contributed by atoms with Crippen molar-refractivity contribution in [1.29, 1.82) is 0 Å². The van der Waals surface area contributed by atoms with E-state index >= 15 is 0 Å². The van der Waals surface area contributed by atoms with E-state index in [0.29, 0.717) is 0 Å². The van der Waals surface area contributed by atoms with Gasteiger partial charge in [-0.05, 0) is 31.2 Å². The van der Waals surface area contributed by atoms with Gasteiger partial charge in [0.2, 0.25) is 0 Å². The lowest BCUT2D eigenvalue weighted by Crippen LogP contribution is -2.34. The fourth-order valence-electron chi connectivity index (χ4n) is 2.62. The molecule has 2 atom stereocenters. The van der Waals surface area contributed by atoms with Crippen molar-refractivity contribution < 1.29 is 5.11 Å². The van der Waals surface area contributed by atoms with E-state index in [0.717, 1.165) is 24.8 Å². The third kappa shape index (κ3) is 2.05. The third-order valence-corrected chi connectivity index (χ3v) is 3.68. The van der Waals surface area contributed by atoms with E-state index in [-0.39, 0.29) is 5.92 Å². The average Bonchev–Trinajstić information content (AvgIpc) is 2.40. The fourth-order valence-corrected chi connectivity index (χ4v) is 2.62. The first kappa shape index (κ1) is 11.4. The second kappa shape index (κ2) is 4.84. The van der Waals surface area contributed by atoms with E-state index in [1.807, 2.05) is 30.3 Å². The highest BCUT2D eigenvalue weighted by Crippen LogP contribution is 2.38. The van der Waals surface area contributed by atoms with Gasteiger partial charge in [-0.1, -0.05) is 49.4 Å². The summed E-state index contributed by atoms with van der Waals surface area (Å²) in [5, 5.41) is 10.9. The van der Waals surface area contributed by atoms with Crippen LogP contribution in [0.1, 0.15) is 38.2 Å². The monoisotopic (exact) mass is 216 g/mol. The second-order valence-electron chi connectivity index (χ2n) is 4.61. The molecular formula is C15H20O. The molecule has 1 nitrogen and oxygen atoms in total. The van der Waals surface area contributed by atoms with Crippen molar-refractivity contribution in [2.24, 2.45) is 5.92 Å². The van der Waals surface area contributed by atoms with E-state index < -0.39 is 5.60 Å². The van der Waals surface area contributed by atoms with Crippen LogP contribution >= 0.6 is 0 Å². The van der Waals surface area contributed by atoms with Gasteiger partial charge in [0.05, 0.1) is 5.60 Å². The molecule has 0 saturated heterocycles. The lowest BCUT2D eigenvalue weighted by molar-refractivity contribution is -0.0147. The molecule has 0 unspecified atom stereocenters. The van der Waals surface area contributed by atoms with Crippen LogP contribution in [-0.2, 0) is 5.60 Å². The molecule has 0 spiro atoms. The highest BCUT2D eigenvalue weighted by molar-refractivity contribution is 5.25. The van der Waals surface area contributed by atoms with Gasteiger partial charge in [0.1, 0.15) is 0 Å². The summed E-state index contributed by atoms with van der Waals surface area (Å²) < 4.78 is 0. The van der Waals surface area contributed by atoms with Crippen molar-refractivity contribution in [2.45, 2.75) is 38.2 Å². The van der Waals surface area contributed by atoms with Gasteiger partial charge in [0.25, 0.3) is 0 Å². The lowest BCUT2D eigenvalue weighted by atomic mass is 9.75. The van der Waals surface area contributed by atoms with Crippen molar-refractivity contribution in [2.75, 3.05) is 0 Å².